The Labute approximate surface area is 235 Å². The monoisotopic (exact) mass is 552 g/mol. The fourth-order valence-electron chi connectivity index (χ4n) is 4.97. The Hall–Kier alpha value is -3.36. The third-order valence-electron chi connectivity index (χ3n) is 7.33. The third kappa shape index (κ3) is 7.40. The highest BCUT2D eigenvalue weighted by atomic mass is 35.5. The minimum atomic E-state index is -0.976. The highest BCUT2D eigenvalue weighted by Gasteiger charge is 2.42. The molecular weight excluding hydrogens is 516 g/mol. The van der Waals surface area contributed by atoms with Gasteiger partial charge in [-0.15, -0.1) is 0 Å². The molecule has 0 unspecified atom stereocenters. The van der Waals surface area contributed by atoms with Gasteiger partial charge in [0.15, 0.2) is 0 Å². The summed E-state index contributed by atoms with van der Waals surface area (Å²) in [5, 5.41) is 5.08. The molecule has 0 aliphatic carbocycles. The van der Waals surface area contributed by atoms with Gasteiger partial charge in [-0.3, -0.25) is 14.3 Å². The third-order valence-corrected chi connectivity index (χ3v) is 7.58. The van der Waals surface area contributed by atoms with Gasteiger partial charge in [0.1, 0.15) is 18.0 Å². The molecule has 0 radical (unpaired) electrons. The van der Waals surface area contributed by atoms with Crippen LogP contribution >= 0.6 is 11.6 Å². The quantitative estimate of drug-likeness (QED) is 0.374. The van der Waals surface area contributed by atoms with Gasteiger partial charge in [0.25, 0.3) is 0 Å². The molecule has 1 fully saturated rings. The zero-order valence-electron chi connectivity index (χ0n) is 23.2. The van der Waals surface area contributed by atoms with E-state index in [0.29, 0.717) is 43.3 Å². The van der Waals surface area contributed by atoms with Gasteiger partial charge < -0.3 is 19.3 Å². The minimum Gasteiger partial charge on any atom is -0.490 e. The van der Waals surface area contributed by atoms with E-state index in [1.807, 2.05) is 55.9 Å². The van der Waals surface area contributed by atoms with Crippen LogP contribution in [0.4, 0.5) is 0 Å². The second-order valence-corrected chi connectivity index (χ2v) is 10.7. The van der Waals surface area contributed by atoms with Crippen molar-refractivity contribution in [3.8, 4) is 5.75 Å². The molecule has 208 valence electrons. The first-order valence-electron chi connectivity index (χ1n) is 13.2. The first-order valence-corrected chi connectivity index (χ1v) is 13.6. The van der Waals surface area contributed by atoms with E-state index in [-0.39, 0.29) is 31.4 Å². The zero-order valence-corrected chi connectivity index (χ0v) is 23.9. The van der Waals surface area contributed by atoms with E-state index >= 15 is 0 Å². The van der Waals surface area contributed by atoms with Crippen LogP contribution in [0.3, 0.4) is 0 Å². The van der Waals surface area contributed by atoms with E-state index in [1.54, 1.807) is 41.1 Å². The lowest BCUT2D eigenvalue weighted by Crippen LogP contribution is -2.58. The van der Waals surface area contributed by atoms with Gasteiger partial charge in [0.05, 0.1) is 25.3 Å². The van der Waals surface area contributed by atoms with Crippen LogP contribution in [0.25, 0.3) is 0 Å². The molecule has 1 aliphatic rings. The maximum Gasteiger partial charge on any atom is 0.225 e. The molecule has 1 aromatic heterocycles. The van der Waals surface area contributed by atoms with Crippen LogP contribution in [-0.4, -0.2) is 70.3 Å². The molecule has 1 aliphatic heterocycles. The van der Waals surface area contributed by atoms with Crippen molar-refractivity contribution in [3.63, 3.8) is 0 Å². The van der Waals surface area contributed by atoms with E-state index in [1.165, 1.54) is 0 Å². The molecule has 3 aromatic rings. The number of aryl methyl sites for hydroxylation is 2. The van der Waals surface area contributed by atoms with Gasteiger partial charge in [-0.05, 0) is 55.7 Å². The molecule has 2 amide bonds. The number of nitrogens with zero attached hydrogens (tertiary/aromatic N) is 4. The van der Waals surface area contributed by atoms with Gasteiger partial charge in [-0.25, -0.2) is 0 Å². The van der Waals surface area contributed by atoms with Crippen molar-refractivity contribution in [2.24, 2.45) is 7.05 Å². The summed E-state index contributed by atoms with van der Waals surface area (Å²) >= 11 is 6.03. The number of carbonyl (C=O) groups is 2. The average Bonchev–Trinajstić information content (AvgIpc) is 3.17. The van der Waals surface area contributed by atoms with Crippen molar-refractivity contribution < 1.29 is 19.1 Å². The van der Waals surface area contributed by atoms with Gasteiger partial charge in [-0.2, -0.15) is 5.10 Å². The average molecular weight is 553 g/mol. The highest BCUT2D eigenvalue weighted by molar-refractivity contribution is 6.30. The molecule has 9 heteroatoms. The van der Waals surface area contributed by atoms with E-state index in [0.717, 1.165) is 22.5 Å². The standard InChI is InChI=1S/C30H37ClN4O4/c1-22-27(23(2)34(4)32-22)14-15-28(36)35-16-17-39-30(20-35,21-38-26-12-10-25(31)11-13-26)18-29(37)33(3)19-24-8-6-5-7-9-24/h5-13H,14-21H2,1-4H3/t30-/m0/s1. The van der Waals surface area contributed by atoms with Crippen molar-refractivity contribution in [3.05, 3.63) is 82.1 Å². The fraction of sp³-hybridized carbons (Fsp3) is 0.433. The van der Waals surface area contributed by atoms with Crippen LogP contribution in [0, 0.1) is 13.8 Å². The Kier molecular flexibility index (Phi) is 9.30. The molecule has 0 bridgehead atoms. The predicted octanol–water partition coefficient (Wildman–Crippen LogP) is 4.35. The molecule has 1 atom stereocenters. The second-order valence-electron chi connectivity index (χ2n) is 10.3. The number of rotatable bonds is 10. The van der Waals surface area contributed by atoms with Crippen molar-refractivity contribution >= 4 is 23.4 Å². The number of morpholine rings is 1. The lowest BCUT2D eigenvalue weighted by Gasteiger charge is -2.42. The van der Waals surface area contributed by atoms with E-state index in [9.17, 15) is 9.59 Å². The summed E-state index contributed by atoms with van der Waals surface area (Å²) < 4.78 is 14.2. The molecule has 2 aromatic carbocycles. The highest BCUT2D eigenvalue weighted by Crippen LogP contribution is 2.27. The first-order chi connectivity index (χ1) is 18.7. The van der Waals surface area contributed by atoms with Crippen molar-refractivity contribution in [1.29, 1.82) is 0 Å². The molecule has 0 saturated carbocycles. The smallest absolute Gasteiger partial charge is 0.225 e. The maximum absolute atomic E-state index is 13.4. The van der Waals surface area contributed by atoms with Crippen LogP contribution in [-0.2, 0) is 34.3 Å². The van der Waals surface area contributed by atoms with Gasteiger partial charge in [0.2, 0.25) is 11.8 Å². The molecule has 0 N–H and O–H groups in total. The topological polar surface area (TPSA) is 76.9 Å². The number of ether oxygens (including phenoxy) is 2. The normalized spacial score (nSPS) is 17.2. The van der Waals surface area contributed by atoms with Gasteiger partial charge in [-0.1, -0.05) is 41.9 Å². The molecular formula is C30H37ClN4O4. The molecule has 0 spiro atoms. The van der Waals surface area contributed by atoms with Gasteiger partial charge >= 0.3 is 0 Å². The Morgan fingerprint density at radius 1 is 1.13 bits per heavy atom. The Morgan fingerprint density at radius 3 is 2.51 bits per heavy atom. The number of aromatic nitrogens is 2. The molecule has 39 heavy (non-hydrogen) atoms. The van der Waals surface area contributed by atoms with Gasteiger partial charge in [0, 0.05) is 44.3 Å². The number of benzene rings is 2. The van der Waals surface area contributed by atoms with E-state index in [2.05, 4.69) is 5.10 Å². The Morgan fingerprint density at radius 2 is 1.85 bits per heavy atom. The SMILES string of the molecule is Cc1nn(C)c(C)c1CCC(=O)N1CCO[C@@](COc2ccc(Cl)cc2)(CC(=O)N(C)Cc2ccccc2)C1. The first kappa shape index (κ1) is 28.6. The number of amides is 2. The van der Waals surface area contributed by atoms with E-state index < -0.39 is 5.60 Å². The molecule has 2 heterocycles. The summed E-state index contributed by atoms with van der Waals surface area (Å²) in [6.45, 7) is 5.68. The summed E-state index contributed by atoms with van der Waals surface area (Å²) in [6, 6.07) is 16.9. The van der Waals surface area contributed by atoms with Crippen LogP contribution in [0.2, 0.25) is 5.02 Å². The molecule has 8 nitrogen and oxygen atoms in total. The second kappa shape index (κ2) is 12.7. The lowest BCUT2D eigenvalue weighted by atomic mass is 9.96. The van der Waals surface area contributed by atoms with Crippen LogP contribution in [0.1, 0.15) is 35.4 Å². The Bertz CT molecular complexity index is 1280. The Balaban J connectivity index is 1.47. The molecule has 1 saturated heterocycles. The van der Waals surface area contributed by atoms with Crippen molar-refractivity contribution in [1.82, 2.24) is 19.6 Å². The number of carbonyl (C=O) groups excluding carboxylic acids is 2. The summed E-state index contributed by atoms with van der Waals surface area (Å²) in [7, 11) is 3.70. The largest absolute Gasteiger partial charge is 0.490 e. The number of halogens is 1. The maximum atomic E-state index is 13.4. The predicted molar refractivity (Wildman–Crippen MR) is 151 cm³/mol. The summed E-state index contributed by atoms with van der Waals surface area (Å²) in [5.74, 6) is 0.579. The van der Waals surface area contributed by atoms with Crippen LogP contribution in [0.5, 0.6) is 5.75 Å². The zero-order chi connectivity index (χ0) is 28.0. The van der Waals surface area contributed by atoms with Crippen LogP contribution < -0.4 is 4.74 Å². The molecule has 4 rings (SSSR count). The lowest BCUT2D eigenvalue weighted by molar-refractivity contribution is -0.165. The summed E-state index contributed by atoms with van der Waals surface area (Å²) in [6.07, 6.45) is 1.08. The van der Waals surface area contributed by atoms with Crippen LogP contribution in [0.15, 0.2) is 54.6 Å². The number of hydrogen-bond acceptors (Lipinski definition) is 5. The number of hydrogen-bond donors (Lipinski definition) is 0. The minimum absolute atomic E-state index is 0.0295. The van der Waals surface area contributed by atoms with E-state index in [4.69, 9.17) is 21.1 Å². The summed E-state index contributed by atoms with van der Waals surface area (Å²) in [4.78, 5) is 30.3. The summed E-state index contributed by atoms with van der Waals surface area (Å²) in [5.41, 5.74) is 3.19. The fourth-order valence-corrected chi connectivity index (χ4v) is 5.10. The van der Waals surface area contributed by atoms with Crippen molar-refractivity contribution in [2.75, 3.05) is 33.4 Å². The van der Waals surface area contributed by atoms with Crippen molar-refractivity contribution in [2.45, 2.75) is 45.3 Å².